The Kier molecular flexibility index (Phi) is 4.23. The number of rotatable bonds is 4. The number of halogens is 1. The van der Waals surface area contributed by atoms with Crippen LogP contribution < -0.4 is 4.74 Å². The van der Waals surface area contributed by atoms with Crippen LogP contribution in [0.3, 0.4) is 0 Å². The van der Waals surface area contributed by atoms with Gasteiger partial charge in [0.15, 0.2) is 0 Å². The monoisotopic (exact) mass is 214 g/mol. The van der Waals surface area contributed by atoms with Crippen LogP contribution in [0.15, 0.2) is 18.2 Å². The molecule has 78 valence electrons. The van der Waals surface area contributed by atoms with Crippen molar-refractivity contribution in [1.82, 2.24) is 0 Å². The standard InChI is InChI=1S/C11H15ClO2/c1-8-3-4-11(9(2)5-8)14-7-10(13)6-12/h3-5,10,13H,6-7H2,1-2H3. The van der Waals surface area contributed by atoms with E-state index in [0.29, 0.717) is 0 Å². The molecule has 14 heavy (non-hydrogen) atoms. The first-order valence-electron chi connectivity index (χ1n) is 4.57. The number of alkyl halides is 1. The highest BCUT2D eigenvalue weighted by Crippen LogP contribution is 2.18. The molecule has 0 heterocycles. The predicted octanol–water partition coefficient (Wildman–Crippen LogP) is 2.28. The molecule has 0 saturated heterocycles. The topological polar surface area (TPSA) is 29.5 Å². The van der Waals surface area contributed by atoms with Gasteiger partial charge in [-0.25, -0.2) is 0 Å². The quantitative estimate of drug-likeness (QED) is 0.780. The molecule has 0 bridgehead atoms. The normalized spacial score (nSPS) is 12.6. The van der Waals surface area contributed by atoms with Crippen LogP contribution in [0, 0.1) is 13.8 Å². The molecular formula is C11H15ClO2. The van der Waals surface area contributed by atoms with E-state index in [1.54, 1.807) is 0 Å². The molecule has 0 aliphatic rings. The lowest BCUT2D eigenvalue weighted by atomic mass is 10.1. The summed E-state index contributed by atoms with van der Waals surface area (Å²) >= 11 is 5.45. The summed E-state index contributed by atoms with van der Waals surface area (Å²) in [5.74, 6) is 1.00. The molecule has 0 aliphatic carbocycles. The number of ether oxygens (including phenoxy) is 1. The van der Waals surface area contributed by atoms with Crippen molar-refractivity contribution < 1.29 is 9.84 Å². The Morgan fingerprint density at radius 3 is 2.71 bits per heavy atom. The van der Waals surface area contributed by atoms with E-state index in [9.17, 15) is 5.11 Å². The van der Waals surface area contributed by atoms with Crippen LogP contribution in [0.1, 0.15) is 11.1 Å². The molecule has 1 atom stereocenters. The van der Waals surface area contributed by atoms with Gasteiger partial charge < -0.3 is 9.84 Å². The van der Waals surface area contributed by atoms with E-state index < -0.39 is 6.10 Å². The Hall–Kier alpha value is -0.730. The first-order valence-corrected chi connectivity index (χ1v) is 5.11. The summed E-state index contributed by atoms with van der Waals surface area (Å²) in [5, 5.41) is 9.21. The van der Waals surface area contributed by atoms with Crippen LogP contribution in [-0.4, -0.2) is 23.7 Å². The summed E-state index contributed by atoms with van der Waals surface area (Å²) in [6, 6.07) is 5.93. The van der Waals surface area contributed by atoms with Gasteiger partial charge in [0, 0.05) is 0 Å². The first-order chi connectivity index (χ1) is 6.63. The fourth-order valence-electron chi connectivity index (χ4n) is 1.19. The molecule has 0 spiro atoms. The van der Waals surface area contributed by atoms with Gasteiger partial charge in [0.25, 0.3) is 0 Å². The number of hydrogen-bond acceptors (Lipinski definition) is 2. The van der Waals surface area contributed by atoms with E-state index in [2.05, 4.69) is 0 Å². The summed E-state index contributed by atoms with van der Waals surface area (Å²) in [4.78, 5) is 0. The maximum atomic E-state index is 9.21. The maximum absolute atomic E-state index is 9.21. The number of hydrogen-bond donors (Lipinski definition) is 1. The van der Waals surface area contributed by atoms with Crippen LogP contribution in [0.25, 0.3) is 0 Å². The molecule has 0 aliphatic heterocycles. The van der Waals surface area contributed by atoms with Gasteiger partial charge in [0.1, 0.15) is 18.5 Å². The van der Waals surface area contributed by atoms with Gasteiger partial charge in [-0.15, -0.1) is 11.6 Å². The van der Waals surface area contributed by atoms with Crippen molar-refractivity contribution in [2.75, 3.05) is 12.5 Å². The molecule has 1 N–H and O–H groups in total. The van der Waals surface area contributed by atoms with Crippen molar-refractivity contribution in [3.63, 3.8) is 0 Å². The zero-order valence-corrected chi connectivity index (χ0v) is 9.21. The molecule has 0 amide bonds. The molecule has 0 saturated carbocycles. The Bertz CT molecular complexity index is 299. The predicted molar refractivity (Wildman–Crippen MR) is 58.1 cm³/mol. The molecule has 0 radical (unpaired) electrons. The van der Waals surface area contributed by atoms with Gasteiger partial charge in [-0.05, 0) is 25.5 Å². The van der Waals surface area contributed by atoms with Crippen LogP contribution in [-0.2, 0) is 0 Å². The lowest BCUT2D eigenvalue weighted by Crippen LogP contribution is -2.19. The van der Waals surface area contributed by atoms with Gasteiger partial charge in [-0.3, -0.25) is 0 Å². The molecule has 1 aromatic rings. The van der Waals surface area contributed by atoms with E-state index in [0.717, 1.165) is 11.3 Å². The fraction of sp³-hybridized carbons (Fsp3) is 0.455. The highest BCUT2D eigenvalue weighted by atomic mass is 35.5. The second kappa shape index (κ2) is 5.23. The molecule has 3 heteroatoms. The van der Waals surface area contributed by atoms with Crippen molar-refractivity contribution in [1.29, 1.82) is 0 Å². The SMILES string of the molecule is Cc1ccc(OCC(O)CCl)c(C)c1. The highest BCUT2D eigenvalue weighted by Gasteiger charge is 2.04. The highest BCUT2D eigenvalue weighted by molar-refractivity contribution is 6.18. The summed E-state index contributed by atoms with van der Waals surface area (Å²) in [6.07, 6.45) is -0.600. The van der Waals surface area contributed by atoms with E-state index in [4.69, 9.17) is 16.3 Å². The zero-order chi connectivity index (χ0) is 10.6. The molecule has 0 fully saturated rings. The number of aliphatic hydroxyl groups is 1. The van der Waals surface area contributed by atoms with Gasteiger partial charge in [-0.1, -0.05) is 17.7 Å². The van der Waals surface area contributed by atoms with Crippen LogP contribution >= 0.6 is 11.6 Å². The fourth-order valence-corrected chi connectivity index (χ4v) is 1.28. The van der Waals surface area contributed by atoms with Crippen molar-refractivity contribution in [3.05, 3.63) is 29.3 Å². The van der Waals surface area contributed by atoms with Crippen molar-refractivity contribution in [2.24, 2.45) is 0 Å². The smallest absolute Gasteiger partial charge is 0.122 e. The summed E-state index contributed by atoms with van der Waals surface area (Å²) in [6.45, 7) is 4.26. The average Bonchev–Trinajstić information content (AvgIpc) is 2.16. The number of benzene rings is 1. The van der Waals surface area contributed by atoms with E-state index in [1.165, 1.54) is 5.56 Å². The molecule has 1 unspecified atom stereocenters. The van der Waals surface area contributed by atoms with Crippen LogP contribution in [0.5, 0.6) is 5.75 Å². The van der Waals surface area contributed by atoms with Crippen molar-refractivity contribution in [2.45, 2.75) is 20.0 Å². The van der Waals surface area contributed by atoms with E-state index >= 15 is 0 Å². The minimum Gasteiger partial charge on any atom is -0.491 e. The van der Waals surface area contributed by atoms with Crippen LogP contribution in [0.2, 0.25) is 0 Å². The third kappa shape index (κ3) is 3.20. The second-order valence-corrected chi connectivity index (χ2v) is 3.70. The summed E-state index contributed by atoms with van der Waals surface area (Å²) in [5.41, 5.74) is 2.28. The average molecular weight is 215 g/mol. The van der Waals surface area contributed by atoms with Gasteiger partial charge >= 0.3 is 0 Å². The molecule has 2 nitrogen and oxygen atoms in total. The van der Waals surface area contributed by atoms with E-state index in [1.807, 2.05) is 32.0 Å². The van der Waals surface area contributed by atoms with Gasteiger partial charge in [0.05, 0.1) is 5.88 Å². The number of aliphatic hydroxyl groups excluding tert-OH is 1. The largest absolute Gasteiger partial charge is 0.491 e. The van der Waals surface area contributed by atoms with Crippen molar-refractivity contribution in [3.8, 4) is 5.75 Å². The molecule has 0 aromatic heterocycles. The first kappa shape index (κ1) is 11.3. The third-order valence-electron chi connectivity index (χ3n) is 1.94. The molecule has 1 rings (SSSR count). The molecular weight excluding hydrogens is 200 g/mol. The minimum atomic E-state index is -0.600. The van der Waals surface area contributed by atoms with Gasteiger partial charge in [-0.2, -0.15) is 0 Å². The summed E-state index contributed by atoms with van der Waals surface area (Å²) < 4.78 is 5.41. The maximum Gasteiger partial charge on any atom is 0.122 e. The Morgan fingerprint density at radius 2 is 2.14 bits per heavy atom. The second-order valence-electron chi connectivity index (χ2n) is 3.39. The summed E-state index contributed by atoms with van der Waals surface area (Å²) in [7, 11) is 0. The Balaban J connectivity index is 2.59. The van der Waals surface area contributed by atoms with Crippen LogP contribution in [0.4, 0.5) is 0 Å². The minimum absolute atomic E-state index is 0.199. The zero-order valence-electron chi connectivity index (χ0n) is 8.46. The molecule has 1 aromatic carbocycles. The third-order valence-corrected chi connectivity index (χ3v) is 2.30. The lowest BCUT2D eigenvalue weighted by molar-refractivity contribution is 0.125. The Morgan fingerprint density at radius 1 is 1.43 bits per heavy atom. The Labute approximate surface area is 89.5 Å². The number of aryl methyl sites for hydroxylation is 2. The van der Waals surface area contributed by atoms with Gasteiger partial charge in [0.2, 0.25) is 0 Å². The lowest BCUT2D eigenvalue weighted by Gasteiger charge is -2.11. The van der Waals surface area contributed by atoms with Crippen molar-refractivity contribution >= 4 is 11.6 Å². The van der Waals surface area contributed by atoms with E-state index in [-0.39, 0.29) is 12.5 Å².